The molecule has 0 spiro atoms. The van der Waals surface area contributed by atoms with Crippen molar-refractivity contribution in [2.24, 2.45) is 0 Å². The molecule has 0 heterocycles. The van der Waals surface area contributed by atoms with E-state index in [1.54, 1.807) is 24.3 Å². The Balaban J connectivity index is 1.70. The largest absolute Gasteiger partial charge is 0.494 e. The van der Waals surface area contributed by atoms with Crippen LogP contribution in [0.4, 0.5) is 0 Å². The van der Waals surface area contributed by atoms with E-state index in [1.807, 2.05) is 37.3 Å². The number of fused-ring (bicyclic) bond motifs is 1. The van der Waals surface area contributed by atoms with Crippen molar-refractivity contribution >= 4 is 26.7 Å². The van der Waals surface area contributed by atoms with Crippen LogP contribution in [0.2, 0.25) is 0 Å². The van der Waals surface area contributed by atoms with Crippen LogP contribution in [-0.4, -0.2) is 20.9 Å². The third-order valence-corrected chi connectivity index (χ3v) is 5.02. The molecule has 134 valence electrons. The standard InChI is InChI=1S/C19H18N2O4S/c1-2-25-17-9-11-18(12-10-17)26(23,24)21-20-19(22)16-8-7-14-5-3-4-6-15(14)13-16/h3-13,21H,2H2,1H3,(H,20,22). The highest BCUT2D eigenvalue weighted by Crippen LogP contribution is 2.17. The van der Waals surface area contributed by atoms with Gasteiger partial charge in [0.1, 0.15) is 5.75 Å². The lowest BCUT2D eigenvalue weighted by atomic mass is 10.1. The van der Waals surface area contributed by atoms with Crippen LogP contribution in [0.15, 0.2) is 71.6 Å². The summed E-state index contributed by atoms with van der Waals surface area (Å²) in [5.74, 6) is 0.0388. The number of ether oxygens (including phenoxy) is 1. The average molecular weight is 370 g/mol. The molecule has 0 aromatic heterocycles. The molecule has 1 amide bonds. The lowest BCUT2D eigenvalue weighted by Crippen LogP contribution is -2.41. The minimum atomic E-state index is -3.88. The van der Waals surface area contributed by atoms with Crippen molar-refractivity contribution in [3.05, 3.63) is 72.3 Å². The molecular weight excluding hydrogens is 352 g/mol. The molecule has 0 bridgehead atoms. The Morgan fingerprint density at radius 2 is 1.65 bits per heavy atom. The molecule has 3 rings (SSSR count). The molecule has 3 aromatic carbocycles. The maximum absolute atomic E-state index is 12.3. The first kappa shape index (κ1) is 17.9. The Kier molecular flexibility index (Phi) is 5.20. The highest BCUT2D eigenvalue weighted by Gasteiger charge is 2.16. The molecule has 6 nitrogen and oxygen atoms in total. The Hall–Kier alpha value is -2.90. The van der Waals surface area contributed by atoms with Crippen LogP contribution < -0.4 is 15.0 Å². The quantitative estimate of drug-likeness (QED) is 0.654. The number of sulfonamides is 1. The Bertz CT molecular complexity index is 1030. The fourth-order valence-electron chi connectivity index (χ4n) is 2.46. The number of hydrogen-bond acceptors (Lipinski definition) is 4. The molecule has 0 unspecified atom stereocenters. The molecule has 0 saturated carbocycles. The molecule has 7 heteroatoms. The molecule has 0 atom stereocenters. The van der Waals surface area contributed by atoms with Gasteiger partial charge in [-0.1, -0.05) is 30.3 Å². The predicted octanol–water partition coefficient (Wildman–Crippen LogP) is 2.86. The van der Waals surface area contributed by atoms with E-state index in [1.165, 1.54) is 12.1 Å². The van der Waals surface area contributed by atoms with Crippen LogP contribution in [-0.2, 0) is 10.0 Å². The van der Waals surface area contributed by atoms with Crippen LogP contribution in [0, 0.1) is 0 Å². The van der Waals surface area contributed by atoms with E-state index in [9.17, 15) is 13.2 Å². The number of hydrogen-bond donors (Lipinski definition) is 2. The summed E-state index contributed by atoms with van der Waals surface area (Å²) in [5, 5.41) is 1.90. The molecular formula is C19H18N2O4S. The van der Waals surface area contributed by atoms with Crippen molar-refractivity contribution in [2.45, 2.75) is 11.8 Å². The van der Waals surface area contributed by atoms with Gasteiger partial charge < -0.3 is 4.74 Å². The number of hydrazine groups is 1. The van der Waals surface area contributed by atoms with Crippen molar-refractivity contribution in [3.63, 3.8) is 0 Å². The third-order valence-electron chi connectivity index (χ3n) is 3.76. The van der Waals surface area contributed by atoms with Crippen LogP contribution in [0.1, 0.15) is 17.3 Å². The SMILES string of the molecule is CCOc1ccc(S(=O)(=O)NNC(=O)c2ccc3ccccc3c2)cc1. The van der Waals surface area contributed by atoms with Gasteiger partial charge in [0, 0.05) is 5.56 Å². The molecule has 0 aliphatic heterocycles. The average Bonchev–Trinajstić information content (AvgIpc) is 2.66. The number of carbonyl (C=O) groups excluding carboxylic acids is 1. The third kappa shape index (κ3) is 4.01. The minimum Gasteiger partial charge on any atom is -0.494 e. The van der Waals surface area contributed by atoms with Crippen LogP contribution in [0.25, 0.3) is 10.8 Å². The minimum absolute atomic E-state index is 0.0276. The monoisotopic (exact) mass is 370 g/mol. The smallest absolute Gasteiger partial charge is 0.266 e. The number of nitrogens with one attached hydrogen (secondary N) is 2. The normalized spacial score (nSPS) is 11.3. The Morgan fingerprint density at radius 3 is 2.35 bits per heavy atom. The van der Waals surface area contributed by atoms with E-state index in [4.69, 9.17) is 4.74 Å². The number of rotatable bonds is 6. The molecule has 0 aliphatic rings. The Morgan fingerprint density at radius 1 is 0.962 bits per heavy atom. The van der Waals surface area contributed by atoms with Crippen LogP contribution in [0.5, 0.6) is 5.75 Å². The second-order valence-electron chi connectivity index (χ2n) is 5.53. The van der Waals surface area contributed by atoms with Crippen molar-refractivity contribution in [2.75, 3.05) is 6.61 Å². The van der Waals surface area contributed by atoms with Gasteiger partial charge in [-0.05, 0) is 54.1 Å². The predicted molar refractivity (Wildman–Crippen MR) is 99.3 cm³/mol. The van der Waals surface area contributed by atoms with Crippen molar-refractivity contribution in [1.82, 2.24) is 10.3 Å². The fraction of sp³-hybridized carbons (Fsp3) is 0.105. The maximum atomic E-state index is 12.3. The van der Waals surface area contributed by atoms with Gasteiger partial charge in [0.2, 0.25) is 0 Å². The summed E-state index contributed by atoms with van der Waals surface area (Å²) in [7, 11) is -3.88. The number of carbonyl (C=O) groups is 1. The van der Waals surface area contributed by atoms with Gasteiger partial charge in [-0.25, -0.2) is 8.42 Å². The molecule has 0 radical (unpaired) electrons. The molecule has 3 aromatic rings. The lowest BCUT2D eigenvalue weighted by molar-refractivity contribution is 0.0945. The fourth-order valence-corrected chi connectivity index (χ4v) is 3.30. The van der Waals surface area contributed by atoms with E-state index >= 15 is 0 Å². The maximum Gasteiger partial charge on any atom is 0.266 e. The van der Waals surface area contributed by atoms with Crippen molar-refractivity contribution in [3.8, 4) is 5.75 Å². The van der Waals surface area contributed by atoms with Gasteiger partial charge in [-0.2, -0.15) is 0 Å². The molecule has 2 N–H and O–H groups in total. The topological polar surface area (TPSA) is 84.5 Å². The van der Waals surface area contributed by atoms with Gasteiger partial charge in [0.15, 0.2) is 0 Å². The first-order valence-corrected chi connectivity index (χ1v) is 9.52. The first-order chi connectivity index (χ1) is 12.5. The Labute approximate surface area is 151 Å². The summed E-state index contributed by atoms with van der Waals surface area (Å²) in [4.78, 5) is 14.4. The van der Waals surface area contributed by atoms with E-state index in [0.29, 0.717) is 17.9 Å². The van der Waals surface area contributed by atoms with E-state index in [-0.39, 0.29) is 4.90 Å². The summed E-state index contributed by atoms with van der Waals surface area (Å²) in [6.07, 6.45) is 0. The lowest BCUT2D eigenvalue weighted by Gasteiger charge is -2.10. The second kappa shape index (κ2) is 7.55. The van der Waals surface area contributed by atoms with E-state index in [0.717, 1.165) is 10.8 Å². The van der Waals surface area contributed by atoms with Crippen molar-refractivity contribution in [1.29, 1.82) is 0 Å². The second-order valence-corrected chi connectivity index (χ2v) is 7.21. The highest BCUT2D eigenvalue weighted by atomic mass is 32.2. The van der Waals surface area contributed by atoms with Gasteiger partial charge in [0.05, 0.1) is 11.5 Å². The highest BCUT2D eigenvalue weighted by molar-refractivity contribution is 7.89. The zero-order valence-electron chi connectivity index (χ0n) is 14.1. The summed E-state index contributed by atoms with van der Waals surface area (Å²) in [5.41, 5.74) is 2.59. The summed E-state index contributed by atoms with van der Waals surface area (Å²) < 4.78 is 29.8. The van der Waals surface area contributed by atoms with Gasteiger partial charge in [0.25, 0.3) is 15.9 Å². The van der Waals surface area contributed by atoms with Crippen molar-refractivity contribution < 1.29 is 17.9 Å². The summed E-state index contributed by atoms with van der Waals surface area (Å²) >= 11 is 0. The molecule has 0 fully saturated rings. The molecule has 26 heavy (non-hydrogen) atoms. The van der Waals surface area contributed by atoms with Crippen LogP contribution >= 0.6 is 0 Å². The number of benzene rings is 3. The van der Waals surface area contributed by atoms with E-state index in [2.05, 4.69) is 10.3 Å². The van der Waals surface area contributed by atoms with Gasteiger partial charge >= 0.3 is 0 Å². The zero-order chi connectivity index (χ0) is 18.6. The molecule has 0 aliphatic carbocycles. The zero-order valence-corrected chi connectivity index (χ0v) is 14.9. The number of amides is 1. The van der Waals surface area contributed by atoms with E-state index < -0.39 is 15.9 Å². The molecule has 0 saturated heterocycles. The summed E-state index contributed by atoms with van der Waals surface area (Å²) in [6.45, 7) is 2.33. The first-order valence-electron chi connectivity index (χ1n) is 8.03. The van der Waals surface area contributed by atoms with Gasteiger partial charge in [-0.15, -0.1) is 4.83 Å². The summed E-state index contributed by atoms with van der Waals surface area (Å²) in [6, 6.07) is 18.7. The van der Waals surface area contributed by atoms with Crippen LogP contribution in [0.3, 0.4) is 0 Å². The van der Waals surface area contributed by atoms with Gasteiger partial charge in [-0.3, -0.25) is 10.2 Å².